The third-order valence-corrected chi connectivity index (χ3v) is 6.19. The minimum Gasteiger partial charge on any atom is -0.468 e. The number of esters is 1. The molecule has 6 heteroatoms. The number of methoxy groups -OCH3 is 1. The van der Waals surface area contributed by atoms with Gasteiger partial charge in [-0.3, -0.25) is 14.4 Å². The van der Waals surface area contributed by atoms with Crippen LogP contribution >= 0.6 is 0 Å². The van der Waals surface area contributed by atoms with Crippen LogP contribution in [0.25, 0.3) is 10.9 Å². The van der Waals surface area contributed by atoms with Gasteiger partial charge in [0.1, 0.15) is 0 Å². The number of amides is 1. The van der Waals surface area contributed by atoms with Crippen molar-refractivity contribution >= 4 is 22.8 Å². The molecule has 1 saturated heterocycles. The maximum Gasteiger partial charge on any atom is 0.316 e. The molecule has 0 unspecified atom stereocenters. The molecule has 1 aliphatic rings. The summed E-state index contributed by atoms with van der Waals surface area (Å²) in [7, 11) is 3.10. The van der Waals surface area contributed by atoms with E-state index in [1.165, 1.54) is 13.2 Å². The Morgan fingerprint density at radius 2 is 1.60 bits per heavy atom. The molecule has 2 heterocycles. The monoisotopic (exact) mass is 404 g/mol. The molecule has 0 saturated carbocycles. The SMILES string of the molecule is COC(=O)C1(c2ccccc2)CCN(C(=O)c2cc(=O)n(C)c3ccccc23)CC1. The quantitative estimate of drug-likeness (QED) is 0.630. The number of aromatic nitrogens is 1. The van der Waals surface area contributed by atoms with Crippen LogP contribution in [0.4, 0.5) is 0 Å². The second-order valence-corrected chi connectivity index (χ2v) is 7.70. The molecule has 0 aliphatic carbocycles. The van der Waals surface area contributed by atoms with Crippen LogP contribution in [0.3, 0.4) is 0 Å². The van der Waals surface area contributed by atoms with E-state index in [0.29, 0.717) is 31.5 Å². The number of para-hydroxylation sites is 1. The number of hydrogen-bond acceptors (Lipinski definition) is 4. The molecule has 0 N–H and O–H groups in total. The van der Waals surface area contributed by atoms with Crippen molar-refractivity contribution in [3.8, 4) is 0 Å². The van der Waals surface area contributed by atoms with E-state index in [2.05, 4.69) is 0 Å². The average molecular weight is 404 g/mol. The first-order chi connectivity index (χ1) is 14.5. The van der Waals surface area contributed by atoms with Crippen LogP contribution in [0.1, 0.15) is 28.8 Å². The van der Waals surface area contributed by atoms with Crippen molar-refractivity contribution < 1.29 is 14.3 Å². The van der Waals surface area contributed by atoms with Gasteiger partial charge in [0.25, 0.3) is 11.5 Å². The minimum absolute atomic E-state index is 0.185. The molecule has 4 rings (SSSR count). The molecular weight excluding hydrogens is 380 g/mol. The van der Waals surface area contributed by atoms with Gasteiger partial charge in [-0.1, -0.05) is 48.5 Å². The number of benzene rings is 2. The summed E-state index contributed by atoms with van der Waals surface area (Å²) < 4.78 is 6.67. The molecule has 0 spiro atoms. The second-order valence-electron chi connectivity index (χ2n) is 7.70. The molecule has 30 heavy (non-hydrogen) atoms. The molecule has 154 valence electrons. The summed E-state index contributed by atoms with van der Waals surface area (Å²) in [5, 5.41) is 0.748. The molecule has 1 aromatic heterocycles. The number of ether oxygens (including phenoxy) is 1. The van der Waals surface area contributed by atoms with Crippen LogP contribution in [0, 0.1) is 0 Å². The zero-order valence-electron chi connectivity index (χ0n) is 17.1. The van der Waals surface area contributed by atoms with Gasteiger partial charge < -0.3 is 14.2 Å². The summed E-state index contributed by atoms with van der Waals surface area (Å²) in [5.74, 6) is -0.463. The predicted octanol–water partition coefficient (Wildman–Crippen LogP) is 2.89. The van der Waals surface area contributed by atoms with Gasteiger partial charge in [-0.2, -0.15) is 0 Å². The Morgan fingerprint density at radius 3 is 2.27 bits per heavy atom. The Morgan fingerprint density at radius 1 is 0.967 bits per heavy atom. The molecule has 0 radical (unpaired) electrons. The van der Waals surface area contributed by atoms with Crippen molar-refractivity contribution in [2.24, 2.45) is 7.05 Å². The number of aryl methyl sites for hydroxylation is 1. The van der Waals surface area contributed by atoms with Gasteiger partial charge in [-0.05, 0) is 24.5 Å². The van der Waals surface area contributed by atoms with E-state index in [9.17, 15) is 14.4 Å². The fourth-order valence-electron chi connectivity index (χ4n) is 4.41. The Hall–Kier alpha value is -3.41. The Balaban J connectivity index is 1.65. The summed E-state index contributed by atoms with van der Waals surface area (Å²) in [6.45, 7) is 0.818. The Kier molecular flexibility index (Phi) is 5.16. The third kappa shape index (κ3) is 3.18. The van der Waals surface area contributed by atoms with Crippen molar-refractivity contribution in [3.63, 3.8) is 0 Å². The summed E-state index contributed by atoms with van der Waals surface area (Å²) in [4.78, 5) is 40.2. The maximum absolute atomic E-state index is 13.3. The minimum atomic E-state index is -0.762. The number of carbonyl (C=O) groups excluding carboxylic acids is 2. The topological polar surface area (TPSA) is 68.6 Å². The lowest BCUT2D eigenvalue weighted by Gasteiger charge is -2.40. The molecule has 6 nitrogen and oxygen atoms in total. The zero-order valence-corrected chi connectivity index (χ0v) is 17.1. The van der Waals surface area contributed by atoms with Gasteiger partial charge in [0.2, 0.25) is 0 Å². The first-order valence-electron chi connectivity index (χ1n) is 10.00. The number of hydrogen-bond donors (Lipinski definition) is 0. The second kappa shape index (κ2) is 7.78. The van der Waals surface area contributed by atoms with Crippen molar-refractivity contribution in [3.05, 3.63) is 82.1 Å². The van der Waals surface area contributed by atoms with Crippen molar-refractivity contribution in [1.82, 2.24) is 9.47 Å². The van der Waals surface area contributed by atoms with Gasteiger partial charge in [0, 0.05) is 31.6 Å². The fourth-order valence-corrected chi connectivity index (χ4v) is 4.41. The van der Waals surface area contributed by atoms with E-state index in [4.69, 9.17) is 4.74 Å². The summed E-state index contributed by atoms with van der Waals surface area (Å²) in [5.41, 5.74) is 1.05. The lowest BCUT2D eigenvalue weighted by molar-refractivity contribution is -0.149. The van der Waals surface area contributed by atoms with E-state index in [-0.39, 0.29) is 17.4 Å². The van der Waals surface area contributed by atoms with Crippen LogP contribution in [-0.2, 0) is 22.0 Å². The van der Waals surface area contributed by atoms with Crippen molar-refractivity contribution in [2.45, 2.75) is 18.3 Å². The molecule has 3 aromatic rings. The molecule has 0 atom stereocenters. The largest absolute Gasteiger partial charge is 0.468 e. The van der Waals surface area contributed by atoms with Crippen LogP contribution in [0.2, 0.25) is 0 Å². The van der Waals surface area contributed by atoms with Gasteiger partial charge >= 0.3 is 5.97 Å². The standard InChI is InChI=1S/C24H24N2O4/c1-25-20-11-7-6-10-18(20)19(16-21(25)27)22(28)26-14-12-24(13-15-26,23(29)30-2)17-8-4-3-5-9-17/h3-11,16H,12-15H2,1-2H3. The van der Waals surface area contributed by atoms with Crippen LogP contribution in [0.5, 0.6) is 0 Å². The van der Waals surface area contributed by atoms with E-state index in [0.717, 1.165) is 16.5 Å². The average Bonchev–Trinajstić information content (AvgIpc) is 2.81. The first-order valence-corrected chi connectivity index (χ1v) is 10.00. The fraction of sp³-hybridized carbons (Fsp3) is 0.292. The third-order valence-electron chi connectivity index (χ3n) is 6.19. The lowest BCUT2D eigenvalue weighted by Crippen LogP contribution is -2.49. The van der Waals surface area contributed by atoms with E-state index in [1.807, 2.05) is 54.6 Å². The first kappa shape index (κ1) is 19.9. The van der Waals surface area contributed by atoms with Crippen LogP contribution < -0.4 is 5.56 Å². The predicted molar refractivity (Wildman–Crippen MR) is 114 cm³/mol. The molecule has 2 aromatic carbocycles. The highest BCUT2D eigenvalue weighted by molar-refractivity contribution is 6.06. The lowest BCUT2D eigenvalue weighted by atomic mass is 9.72. The molecule has 1 fully saturated rings. The normalized spacial score (nSPS) is 15.7. The number of nitrogens with zero attached hydrogens (tertiary/aromatic N) is 2. The molecule has 1 aliphatic heterocycles. The van der Waals surface area contributed by atoms with E-state index < -0.39 is 5.41 Å². The molecular formula is C24H24N2O4. The van der Waals surface area contributed by atoms with E-state index >= 15 is 0 Å². The highest BCUT2D eigenvalue weighted by Gasteiger charge is 2.44. The molecule has 1 amide bonds. The number of fused-ring (bicyclic) bond motifs is 1. The number of pyridine rings is 1. The van der Waals surface area contributed by atoms with Crippen molar-refractivity contribution in [1.29, 1.82) is 0 Å². The van der Waals surface area contributed by atoms with Gasteiger partial charge in [0.05, 0.1) is 23.6 Å². The highest BCUT2D eigenvalue weighted by Crippen LogP contribution is 2.37. The summed E-state index contributed by atoms with van der Waals surface area (Å²) in [6.07, 6.45) is 0.941. The number of likely N-dealkylation sites (tertiary alicyclic amines) is 1. The van der Waals surface area contributed by atoms with Gasteiger partial charge in [-0.15, -0.1) is 0 Å². The highest BCUT2D eigenvalue weighted by atomic mass is 16.5. The zero-order chi connectivity index (χ0) is 21.3. The van der Waals surface area contributed by atoms with Crippen LogP contribution in [0.15, 0.2) is 65.5 Å². The summed E-state index contributed by atoms with van der Waals surface area (Å²) >= 11 is 0. The number of piperidine rings is 1. The molecule has 0 bridgehead atoms. The Labute approximate surface area is 174 Å². The number of carbonyl (C=O) groups is 2. The smallest absolute Gasteiger partial charge is 0.316 e. The number of rotatable bonds is 3. The summed E-state index contributed by atoms with van der Waals surface area (Å²) in [6, 6.07) is 18.4. The maximum atomic E-state index is 13.3. The van der Waals surface area contributed by atoms with Crippen molar-refractivity contribution in [2.75, 3.05) is 20.2 Å². The van der Waals surface area contributed by atoms with Crippen LogP contribution in [-0.4, -0.2) is 41.5 Å². The van der Waals surface area contributed by atoms with Gasteiger partial charge in [0.15, 0.2) is 0 Å². The Bertz CT molecular complexity index is 1160. The van der Waals surface area contributed by atoms with E-state index in [1.54, 1.807) is 16.5 Å². The van der Waals surface area contributed by atoms with Gasteiger partial charge in [-0.25, -0.2) is 0 Å².